The monoisotopic (exact) mass is 378 g/mol. The van der Waals surface area contributed by atoms with E-state index >= 15 is 0 Å². The molecule has 4 rings (SSSR count). The molecule has 1 amide bonds. The summed E-state index contributed by atoms with van der Waals surface area (Å²) in [6, 6.07) is 0.324. The van der Waals surface area contributed by atoms with Gasteiger partial charge in [0.1, 0.15) is 5.54 Å². The third kappa shape index (κ3) is 3.78. The van der Waals surface area contributed by atoms with E-state index < -0.39 is 11.1 Å². The maximum absolute atomic E-state index is 12.4. The van der Waals surface area contributed by atoms with Crippen molar-refractivity contribution in [1.29, 1.82) is 0 Å². The summed E-state index contributed by atoms with van der Waals surface area (Å²) < 4.78 is 0. The number of likely N-dealkylation sites (tertiary alicyclic amines) is 2. The number of nitrogens with zero attached hydrogens (tertiary/aromatic N) is 3. The number of primary amides is 1. The second-order valence-electron chi connectivity index (χ2n) is 9.47. The first-order valence-corrected chi connectivity index (χ1v) is 11.3. The SMILES string of the molecule is NC(=O)C1(N2CCCCC2)CCN(C[C@]2(O)CCCN3CCCC[C@@H]32)CC1. The fraction of sp³-hybridized carbons (Fsp3) is 0.952. The standard InChI is InChI=1S/C21H38N4O2/c22-19(26)20(25-13-3-1-4-14-25)9-15-23(16-10-20)17-21(27)8-6-12-24-11-5-2-7-18(21)24/h18,27H,1-17H2,(H2,22,26)/t18-,21-/m1/s1. The Morgan fingerprint density at radius 3 is 2.26 bits per heavy atom. The lowest BCUT2D eigenvalue weighted by atomic mass is 9.78. The van der Waals surface area contributed by atoms with E-state index in [1.807, 2.05) is 0 Å². The zero-order valence-electron chi connectivity index (χ0n) is 16.9. The number of hydrogen-bond acceptors (Lipinski definition) is 5. The van der Waals surface area contributed by atoms with Crippen molar-refractivity contribution in [3.8, 4) is 0 Å². The number of amides is 1. The van der Waals surface area contributed by atoms with Crippen LogP contribution >= 0.6 is 0 Å². The van der Waals surface area contributed by atoms with Gasteiger partial charge in [-0.05, 0) is 77.5 Å². The van der Waals surface area contributed by atoms with E-state index in [-0.39, 0.29) is 5.91 Å². The largest absolute Gasteiger partial charge is 0.387 e. The summed E-state index contributed by atoms with van der Waals surface area (Å²) in [5.74, 6) is -0.140. The Bertz CT molecular complexity index is 526. The number of rotatable bonds is 4. The summed E-state index contributed by atoms with van der Waals surface area (Å²) in [6.07, 6.45) is 10.9. The van der Waals surface area contributed by atoms with Crippen molar-refractivity contribution in [2.45, 2.75) is 81.4 Å². The molecule has 154 valence electrons. The van der Waals surface area contributed by atoms with Gasteiger partial charge in [-0.1, -0.05) is 12.8 Å². The summed E-state index contributed by atoms with van der Waals surface area (Å²) in [7, 11) is 0. The van der Waals surface area contributed by atoms with Crippen LogP contribution < -0.4 is 5.73 Å². The molecule has 0 spiro atoms. The van der Waals surface area contributed by atoms with E-state index in [1.165, 1.54) is 32.1 Å². The Labute approximate surface area is 164 Å². The molecule has 3 N–H and O–H groups in total. The fourth-order valence-electron chi connectivity index (χ4n) is 6.32. The molecule has 27 heavy (non-hydrogen) atoms. The zero-order valence-corrected chi connectivity index (χ0v) is 16.9. The Morgan fingerprint density at radius 1 is 0.889 bits per heavy atom. The van der Waals surface area contributed by atoms with Crippen molar-refractivity contribution in [3.05, 3.63) is 0 Å². The molecule has 2 atom stereocenters. The van der Waals surface area contributed by atoms with Crippen molar-refractivity contribution in [1.82, 2.24) is 14.7 Å². The number of piperidine rings is 4. The summed E-state index contributed by atoms with van der Waals surface area (Å²) in [5.41, 5.74) is 4.88. The molecule has 4 fully saturated rings. The highest BCUT2D eigenvalue weighted by molar-refractivity contribution is 5.84. The fourth-order valence-corrected chi connectivity index (χ4v) is 6.32. The molecule has 6 heteroatoms. The van der Waals surface area contributed by atoms with Gasteiger partial charge in [0.15, 0.2) is 0 Å². The molecule has 0 aromatic heterocycles. The van der Waals surface area contributed by atoms with E-state index in [4.69, 9.17) is 5.73 Å². The number of carbonyl (C=O) groups excluding carboxylic acids is 1. The van der Waals surface area contributed by atoms with Crippen LogP contribution in [-0.2, 0) is 4.79 Å². The van der Waals surface area contributed by atoms with Gasteiger partial charge in [-0.3, -0.25) is 14.6 Å². The van der Waals surface area contributed by atoms with Crippen molar-refractivity contribution in [2.24, 2.45) is 5.73 Å². The van der Waals surface area contributed by atoms with E-state index in [9.17, 15) is 9.90 Å². The number of nitrogens with two attached hydrogens (primary N) is 1. The van der Waals surface area contributed by atoms with Gasteiger partial charge >= 0.3 is 0 Å². The molecule has 0 bridgehead atoms. The van der Waals surface area contributed by atoms with Gasteiger partial charge in [0, 0.05) is 25.7 Å². The first-order chi connectivity index (χ1) is 13.0. The van der Waals surface area contributed by atoms with Crippen LogP contribution in [0.4, 0.5) is 0 Å². The molecule has 6 nitrogen and oxygen atoms in total. The van der Waals surface area contributed by atoms with E-state index in [1.54, 1.807) is 0 Å². The second kappa shape index (κ2) is 7.97. The summed E-state index contributed by atoms with van der Waals surface area (Å²) in [5, 5.41) is 11.5. The molecule has 4 heterocycles. The molecule has 0 aliphatic carbocycles. The van der Waals surface area contributed by atoms with Gasteiger partial charge in [0.2, 0.25) is 5.91 Å². The van der Waals surface area contributed by atoms with Crippen LogP contribution in [0.25, 0.3) is 0 Å². The summed E-state index contributed by atoms with van der Waals surface area (Å²) in [6.45, 7) is 6.79. The Balaban J connectivity index is 1.40. The van der Waals surface area contributed by atoms with Gasteiger partial charge < -0.3 is 15.7 Å². The molecule has 0 aromatic rings. The van der Waals surface area contributed by atoms with Crippen LogP contribution in [0.5, 0.6) is 0 Å². The molecule has 4 aliphatic heterocycles. The quantitative estimate of drug-likeness (QED) is 0.768. The highest BCUT2D eigenvalue weighted by atomic mass is 16.3. The molecule has 4 aliphatic rings. The van der Waals surface area contributed by atoms with Gasteiger partial charge in [-0.25, -0.2) is 0 Å². The molecule has 0 aromatic carbocycles. The molecular weight excluding hydrogens is 340 g/mol. The lowest BCUT2D eigenvalue weighted by Crippen LogP contribution is -2.66. The lowest BCUT2D eigenvalue weighted by molar-refractivity contribution is -0.138. The van der Waals surface area contributed by atoms with Crippen LogP contribution in [0.15, 0.2) is 0 Å². The van der Waals surface area contributed by atoms with E-state index in [0.717, 1.165) is 77.9 Å². The predicted molar refractivity (Wildman–Crippen MR) is 106 cm³/mol. The van der Waals surface area contributed by atoms with Gasteiger partial charge in [0.25, 0.3) is 0 Å². The van der Waals surface area contributed by atoms with Crippen LogP contribution in [0.2, 0.25) is 0 Å². The molecule has 4 saturated heterocycles. The minimum absolute atomic E-state index is 0.140. The average Bonchev–Trinajstić information content (AvgIpc) is 2.69. The smallest absolute Gasteiger partial charge is 0.238 e. The number of fused-ring (bicyclic) bond motifs is 1. The number of aliphatic hydroxyl groups is 1. The average molecular weight is 379 g/mol. The first-order valence-electron chi connectivity index (χ1n) is 11.3. The summed E-state index contributed by atoms with van der Waals surface area (Å²) >= 11 is 0. The van der Waals surface area contributed by atoms with Crippen molar-refractivity contribution in [3.63, 3.8) is 0 Å². The number of β-amino-alcohol motifs (C(OH)–C–C–N with tert-alkyl or cyclic N) is 1. The lowest BCUT2D eigenvalue weighted by Gasteiger charge is -2.53. The molecule has 0 saturated carbocycles. The molecule has 0 unspecified atom stereocenters. The second-order valence-corrected chi connectivity index (χ2v) is 9.47. The van der Waals surface area contributed by atoms with Crippen LogP contribution in [0.3, 0.4) is 0 Å². The minimum Gasteiger partial charge on any atom is -0.387 e. The number of carbonyl (C=O) groups is 1. The van der Waals surface area contributed by atoms with Crippen LogP contribution in [0, 0.1) is 0 Å². The predicted octanol–water partition coefficient (Wildman–Crippen LogP) is 1.17. The van der Waals surface area contributed by atoms with Gasteiger partial charge in [0.05, 0.1) is 5.60 Å². The maximum Gasteiger partial charge on any atom is 0.238 e. The Kier molecular flexibility index (Phi) is 5.79. The topological polar surface area (TPSA) is 73.0 Å². The molecular formula is C21H38N4O2. The third-order valence-electron chi connectivity index (χ3n) is 7.89. The van der Waals surface area contributed by atoms with Crippen molar-refractivity contribution < 1.29 is 9.90 Å². The Morgan fingerprint density at radius 2 is 1.56 bits per heavy atom. The summed E-state index contributed by atoms with van der Waals surface area (Å²) in [4.78, 5) is 19.7. The van der Waals surface area contributed by atoms with Crippen LogP contribution in [-0.4, -0.2) is 88.7 Å². The zero-order chi connectivity index (χ0) is 18.9. The minimum atomic E-state index is -0.587. The maximum atomic E-state index is 12.4. The molecule has 0 radical (unpaired) electrons. The van der Waals surface area contributed by atoms with E-state index in [2.05, 4.69) is 14.7 Å². The highest BCUT2D eigenvalue weighted by Gasteiger charge is 2.48. The van der Waals surface area contributed by atoms with Gasteiger partial charge in [-0.15, -0.1) is 0 Å². The van der Waals surface area contributed by atoms with E-state index in [0.29, 0.717) is 6.04 Å². The van der Waals surface area contributed by atoms with Crippen LogP contribution in [0.1, 0.15) is 64.2 Å². The van der Waals surface area contributed by atoms with Crippen molar-refractivity contribution in [2.75, 3.05) is 45.8 Å². The highest BCUT2D eigenvalue weighted by Crippen LogP contribution is 2.37. The first kappa shape index (κ1) is 19.6. The van der Waals surface area contributed by atoms with Crippen molar-refractivity contribution >= 4 is 5.91 Å². The Hall–Kier alpha value is -0.690. The third-order valence-corrected chi connectivity index (χ3v) is 7.89. The number of hydrogen-bond donors (Lipinski definition) is 2. The van der Waals surface area contributed by atoms with Gasteiger partial charge in [-0.2, -0.15) is 0 Å². The normalized spacial score (nSPS) is 36.3.